The predicted octanol–water partition coefficient (Wildman–Crippen LogP) is 3.07. The molecule has 1 amide bonds. The number of carbonyl (C=O) groups is 1. The minimum Gasteiger partial charge on any atom is -0.493 e. The van der Waals surface area contributed by atoms with Gasteiger partial charge in [-0.05, 0) is 35.7 Å². The number of ether oxygens (including phenoxy) is 2. The van der Waals surface area contributed by atoms with Crippen LogP contribution in [0.5, 0.6) is 11.5 Å². The molecule has 1 N–H and O–H groups in total. The van der Waals surface area contributed by atoms with Crippen molar-refractivity contribution in [2.45, 2.75) is 12.5 Å². The van der Waals surface area contributed by atoms with Gasteiger partial charge in [0.1, 0.15) is 0 Å². The molecule has 3 rings (SSSR count). The smallest absolute Gasteiger partial charge is 0.252 e. The maximum atomic E-state index is 12.1. The van der Waals surface area contributed by atoms with E-state index < -0.39 is 0 Å². The van der Waals surface area contributed by atoms with Crippen LogP contribution in [0.15, 0.2) is 48.5 Å². The molecule has 1 aliphatic heterocycles. The molecule has 4 nitrogen and oxygen atoms in total. The van der Waals surface area contributed by atoms with Gasteiger partial charge in [-0.2, -0.15) is 0 Å². The number of methoxy groups -OCH3 is 2. The van der Waals surface area contributed by atoms with Crippen LogP contribution in [0, 0.1) is 0 Å². The lowest BCUT2D eigenvalue weighted by Gasteiger charge is -2.23. The quantitative estimate of drug-likeness (QED) is 0.944. The molecule has 23 heavy (non-hydrogen) atoms. The summed E-state index contributed by atoms with van der Waals surface area (Å²) >= 11 is 0. The molecule has 0 saturated carbocycles. The third-order valence-corrected chi connectivity index (χ3v) is 3.95. The maximum absolute atomic E-state index is 12.1. The summed E-state index contributed by atoms with van der Waals surface area (Å²) in [6.07, 6.45) is 4.79. The molecule has 1 atom stereocenters. The predicted molar refractivity (Wildman–Crippen MR) is 90.0 cm³/mol. The molecule has 118 valence electrons. The first-order chi connectivity index (χ1) is 11.2. The summed E-state index contributed by atoms with van der Waals surface area (Å²) in [5, 5.41) is 3.01. The summed E-state index contributed by atoms with van der Waals surface area (Å²) in [4.78, 5) is 12.1. The van der Waals surface area contributed by atoms with E-state index in [-0.39, 0.29) is 11.9 Å². The second-order valence-corrected chi connectivity index (χ2v) is 5.41. The number of nitrogens with one attached hydrogen (secondary N) is 1. The Morgan fingerprint density at radius 3 is 2.65 bits per heavy atom. The van der Waals surface area contributed by atoms with Crippen LogP contribution in [-0.4, -0.2) is 26.2 Å². The van der Waals surface area contributed by atoms with Gasteiger partial charge in [0.05, 0.1) is 20.3 Å². The monoisotopic (exact) mass is 309 g/mol. The third-order valence-electron chi connectivity index (χ3n) is 3.95. The van der Waals surface area contributed by atoms with E-state index in [0.717, 1.165) is 23.1 Å². The highest BCUT2D eigenvalue weighted by Gasteiger charge is 2.21. The van der Waals surface area contributed by atoms with Gasteiger partial charge in [-0.1, -0.05) is 36.4 Å². The zero-order valence-electron chi connectivity index (χ0n) is 13.2. The fourth-order valence-electron chi connectivity index (χ4n) is 2.75. The molecule has 1 aliphatic rings. The summed E-state index contributed by atoms with van der Waals surface area (Å²) in [5.41, 5.74) is 2.84. The minimum atomic E-state index is -0.0196. The molecule has 2 aromatic carbocycles. The van der Waals surface area contributed by atoms with E-state index in [9.17, 15) is 4.79 Å². The molecule has 0 bridgehead atoms. The van der Waals surface area contributed by atoms with E-state index in [1.54, 1.807) is 14.2 Å². The molecule has 0 unspecified atom stereocenters. The van der Waals surface area contributed by atoms with Crippen LogP contribution >= 0.6 is 0 Å². The minimum absolute atomic E-state index is 0.00880. The Morgan fingerprint density at radius 1 is 1.09 bits per heavy atom. The number of fused-ring (bicyclic) bond motifs is 1. The van der Waals surface area contributed by atoms with E-state index in [0.29, 0.717) is 11.5 Å². The SMILES string of the molecule is COc1ccc(/C=C/[C@H]2Cc3ccccc3C(=O)N2)cc1OC. The number of amides is 1. The van der Waals surface area contributed by atoms with Crippen molar-refractivity contribution >= 4 is 12.0 Å². The molecule has 4 heteroatoms. The van der Waals surface area contributed by atoms with Crippen LogP contribution in [0.2, 0.25) is 0 Å². The number of carbonyl (C=O) groups excluding carboxylic acids is 1. The summed E-state index contributed by atoms with van der Waals surface area (Å²) in [7, 11) is 3.23. The first-order valence-electron chi connectivity index (χ1n) is 7.50. The Bertz CT molecular complexity index is 752. The fourth-order valence-corrected chi connectivity index (χ4v) is 2.75. The van der Waals surface area contributed by atoms with Crippen molar-refractivity contribution in [1.82, 2.24) is 5.32 Å². The third kappa shape index (κ3) is 3.21. The molecule has 0 spiro atoms. The van der Waals surface area contributed by atoms with Crippen LogP contribution in [-0.2, 0) is 6.42 Å². The van der Waals surface area contributed by atoms with Crippen molar-refractivity contribution in [3.8, 4) is 11.5 Å². The molecule has 0 aliphatic carbocycles. The van der Waals surface area contributed by atoms with Crippen molar-refractivity contribution in [3.05, 3.63) is 65.2 Å². The topological polar surface area (TPSA) is 47.6 Å². The van der Waals surface area contributed by atoms with E-state index in [1.807, 2.05) is 54.6 Å². The highest BCUT2D eigenvalue weighted by molar-refractivity contribution is 5.97. The van der Waals surface area contributed by atoms with E-state index in [1.165, 1.54) is 0 Å². The highest BCUT2D eigenvalue weighted by atomic mass is 16.5. The number of benzene rings is 2. The largest absolute Gasteiger partial charge is 0.493 e. The molecular weight excluding hydrogens is 290 g/mol. The Kier molecular flexibility index (Phi) is 4.33. The normalized spacial score (nSPS) is 16.8. The van der Waals surface area contributed by atoms with Gasteiger partial charge in [-0.3, -0.25) is 4.79 Å². The van der Waals surface area contributed by atoms with Crippen LogP contribution in [0.4, 0.5) is 0 Å². The number of hydrogen-bond acceptors (Lipinski definition) is 3. The molecule has 2 aromatic rings. The summed E-state index contributed by atoms with van der Waals surface area (Å²) in [6.45, 7) is 0. The first-order valence-corrected chi connectivity index (χ1v) is 7.50. The Morgan fingerprint density at radius 2 is 1.87 bits per heavy atom. The van der Waals surface area contributed by atoms with Crippen molar-refractivity contribution < 1.29 is 14.3 Å². The second-order valence-electron chi connectivity index (χ2n) is 5.41. The van der Waals surface area contributed by atoms with Gasteiger partial charge >= 0.3 is 0 Å². The van der Waals surface area contributed by atoms with Gasteiger partial charge in [0, 0.05) is 5.56 Å². The average molecular weight is 309 g/mol. The van der Waals surface area contributed by atoms with Gasteiger partial charge < -0.3 is 14.8 Å². The maximum Gasteiger partial charge on any atom is 0.252 e. The summed E-state index contributed by atoms with van der Waals surface area (Å²) < 4.78 is 10.5. The molecule has 0 aromatic heterocycles. The van der Waals surface area contributed by atoms with Crippen LogP contribution in [0.3, 0.4) is 0 Å². The van der Waals surface area contributed by atoms with Crippen molar-refractivity contribution in [1.29, 1.82) is 0 Å². The van der Waals surface area contributed by atoms with E-state index >= 15 is 0 Å². The number of hydrogen-bond donors (Lipinski definition) is 1. The van der Waals surface area contributed by atoms with Crippen molar-refractivity contribution in [2.24, 2.45) is 0 Å². The first kappa shape index (κ1) is 15.2. The summed E-state index contributed by atoms with van der Waals surface area (Å²) in [5.74, 6) is 1.37. The van der Waals surface area contributed by atoms with Gasteiger partial charge in [0.15, 0.2) is 11.5 Å². The molecule has 0 fully saturated rings. The van der Waals surface area contributed by atoms with E-state index in [2.05, 4.69) is 5.32 Å². The van der Waals surface area contributed by atoms with Crippen LogP contribution in [0.25, 0.3) is 6.08 Å². The van der Waals surface area contributed by atoms with Crippen LogP contribution in [0.1, 0.15) is 21.5 Å². The Labute approximate surface area is 135 Å². The van der Waals surface area contributed by atoms with E-state index in [4.69, 9.17) is 9.47 Å². The lowest BCUT2D eigenvalue weighted by Crippen LogP contribution is -2.39. The Balaban J connectivity index is 1.78. The van der Waals surface area contributed by atoms with Gasteiger partial charge in [-0.25, -0.2) is 0 Å². The highest BCUT2D eigenvalue weighted by Crippen LogP contribution is 2.28. The molecule has 1 heterocycles. The average Bonchev–Trinajstić information content (AvgIpc) is 2.59. The molecule has 0 saturated heterocycles. The Hall–Kier alpha value is -2.75. The lowest BCUT2D eigenvalue weighted by molar-refractivity contribution is 0.0934. The fraction of sp³-hybridized carbons (Fsp3) is 0.211. The molecular formula is C19H19NO3. The van der Waals surface area contributed by atoms with Crippen molar-refractivity contribution in [3.63, 3.8) is 0 Å². The standard InChI is InChI=1S/C19H19NO3/c1-22-17-10-8-13(11-18(17)23-2)7-9-15-12-14-5-3-4-6-16(14)19(21)20-15/h3-11,15H,12H2,1-2H3,(H,20,21)/b9-7+/t15-/m0/s1. The molecule has 0 radical (unpaired) electrons. The van der Waals surface area contributed by atoms with Gasteiger partial charge in [0.2, 0.25) is 0 Å². The number of rotatable bonds is 4. The van der Waals surface area contributed by atoms with Crippen molar-refractivity contribution in [2.75, 3.05) is 14.2 Å². The lowest BCUT2D eigenvalue weighted by atomic mass is 9.95. The van der Waals surface area contributed by atoms with Gasteiger partial charge in [-0.15, -0.1) is 0 Å². The van der Waals surface area contributed by atoms with Crippen LogP contribution < -0.4 is 14.8 Å². The zero-order valence-corrected chi connectivity index (χ0v) is 13.2. The zero-order chi connectivity index (χ0) is 16.2. The van der Waals surface area contributed by atoms with Gasteiger partial charge in [0.25, 0.3) is 5.91 Å². The summed E-state index contributed by atoms with van der Waals surface area (Å²) in [6, 6.07) is 13.4. The second kappa shape index (κ2) is 6.57.